The van der Waals surface area contributed by atoms with Crippen molar-refractivity contribution in [2.24, 2.45) is 0 Å². The van der Waals surface area contributed by atoms with E-state index in [-0.39, 0.29) is 17.1 Å². The second kappa shape index (κ2) is 7.37. The zero-order chi connectivity index (χ0) is 19.8. The van der Waals surface area contributed by atoms with Crippen molar-refractivity contribution in [1.29, 1.82) is 0 Å². The molecule has 7 heteroatoms. The number of pyridine rings is 1. The van der Waals surface area contributed by atoms with E-state index >= 15 is 0 Å². The van der Waals surface area contributed by atoms with Crippen LogP contribution in [-0.4, -0.2) is 43.0 Å². The zero-order valence-corrected chi connectivity index (χ0v) is 16.5. The molecule has 2 aromatic heterocycles. The van der Waals surface area contributed by atoms with E-state index in [9.17, 15) is 9.59 Å². The van der Waals surface area contributed by atoms with Crippen molar-refractivity contribution >= 4 is 28.5 Å². The van der Waals surface area contributed by atoms with Crippen molar-refractivity contribution in [3.8, 4) is 0 Å². The molecule has 0 radical (unpaired) electrons. The third-order valence-corrected chi connectivity index (χ3v) is 5.24. The van der Waals surface area contributed by atoms with Gasteiger partial charge in [-0.05, 0) is 29.8 Å². The van der Waals surface area contributed by atoms with Crippen LogP contribution in [0.2, 0.25) is 5.02 Å². The molecular weight excluding hydrogens is 378 g/mol. The first-order chi connectivity index (χ1) is 13.5. The summed E-state index contributed by atoms with van der Waals surface area (Å²) in [5.41, 5.74) is 1.30. The molecular formula is C21H21ClN3O3+. The van der Waals surface area contributed by atoms with Crippen LogP contribution in [0.15, 0.2) is 51.9 Å². The molecule has 1 aromatic carbocycles. The number of amides is 1. The Labute approximate surface area is 167 Å². The van der Waals surface area contributed by atoms with E-state index in [0.29, 0.717) is 28.1 Å². The lowest BCUT2D eigenvalue weighted by Gasteiger charge is -2.25. The number of carbonyl (C=O) groups is 1. The van der Waals surface area contributed by atoms with Gasteiger partial charge >= 0.3 is 0 Å². The van der Waals surface area contributed by atoms with Gasteiger partial charge in [-0.15, -0.1) is 0 Å². The van der Waals surface area contributed by atoms with Gasteiger partial charge in [-0.2, -0.15) is 0 Å². The SMILES string of the molecule is C[NH+](C)CCCN1C(=O)c2oc3ccc(Cl)cc3c(=O)c2[C@H]1c1cccnc1. The van der Waals surface area contributed by atoms with Gasteiger partial charge in [-0.25, -0.2) is 0 Å². The van der Waals surface area contributed by atoms with E-state index in [1.54, 1.807) is 41.6 Å². The van der Waals surface area contributed by atoms with E-state index < -0.39 is 6.04 Å². The Morgan fingerprint density at radius 1 is 1.25 bits per heavy atom. The second-order valence-electron chi connectivity index (χ2n) is 7.31. The maximum atomic E-state index is 13.3. The molecule has 1 amide bonds. The number of nitrogens with one attached hydrogen (secondary N) is 1. The van der Waals surface area contributed by atoms with Gasteiger partial charge in [0.2, 0.25) is 5.76 Å². The molecule has 0 bridgehead atoms. The highest BCUT2D eigenvalue weighted by Crippen LogP contribution is 2.38. The molecule has 3 heterocycles. The van der Waals surface area contributed by atoms with Crippen molar-refractivity contribution in [2.45, 2.75) is 12.5 Å². The molecule has 1 aliphatic rings. The zero-order valence-electron chi connectivity index (χ0n) is 15.7. The molecule has 0 fully saturated rings. The maximum Gasteiger partial charge on any atom is 0.290 e. The first-order valence-electron chi connectivity index (χ1n) is 9.23. The van der Waals surface area contributed by atoms with Gasteiger partial charge in [-0.1, -0.05) is 17.7 Å². The quantitative estimate of drug-likeness (QED) is 0.713. The summed E-state index contributed by atoms with van der Waals surface area (Å²) < 4.78 is 5.89. The van der Waals surface area contributed by atoms with E-state index in [2.05, 4.69) is 19.1 Å². The molecule has 6 nitrogen and oxygen atoms in total. The molecule has 28 heavy (non-hydrogen) atoms. The number of halogens is 1. The van der Waals surface area contributed by atoms with Crippen LogP contribution in [0.4, 0.5) is 0 Å². The molecule has 0 saturated heterocycles. The van der Waals surface area contributed by atoms with Gasteiger partial charge in [0.05, 0.1) is 37.6 Å². The number of carbonyl (C=O) groups excluding carboxylic acids is 1. The number of hydrogen-bond acceptors (Lipinski definition) is 4. The Kier molecular flexibility index (Phi) is 4.91. The Bertz CT molecular complexity index is 1100. The molecule has 0 saturated carbocycles. The van der Waals surface area contributed by atoms with Crippen LogP contribution < -0.4 is 10.3 Å². The Morgan fingerprint density at radius 3 is 2.79 bits per heavy atom. The van der Waals surface area contributed by atoms with Crippen molar-refractivity contribution in [2.75, 3.05) is 27.2 Å². The van der Waals surface area contributed by atoms with E-state index in [0.717, 1.165) is 18.5 Å². The van der Waals surface area contributed by atoms with Gasteiger partial charge in [0.15, 0.2) is 5.43 Å². The average molecular weight is 399 g/mol. The Morgan fingerprint density at radius 2 is 2.07 bits per heavy atom. The standard InChI is InChI=1S/C21H20ClN3O3/c1-24(2)9-4-10-25-18(13-5-3-8-23-12-13)17-19(26)15-11-14(22)6-7-16(15)28-20(17)21(25)27/h3,5-8,11-12,18H,4,9-10H2,1-2H3/p+1/t18-/m1/s1. The highest BCUT2D eigenvalue weighted by molar-refractivity contribution is 6.31. The predicted molar refractivity (Wildman–Crippen MR) is 107 cm³/mol. The van der Waals surface area contributed by atoms with Gasteiger partial charge in [0.25, 0.3) is 5.91 Å². The highest BCUT2D eigenvalue weighted by atomic mass is 35.5. The van der Waals surface area contributed by atoms with Crippen LogP contribution in [0.5, 0.6) is 0 Å². The normalized spacial score (nSPS) is 16.2. The van der Waals surface area contributed by atoms with Gasteiger partial charge in [0, 0.05) is 30.4 Å². The first-order valence-corrected chi connectivity index (χ1v) is 9.61. The number of rotatable bonds is 5. The molecule has 0 aliphatic carbocycles. The number of fused-ring (bicyclic) bond motifs is 2. The molecule has 144 valence electrons. The summed E-state index contributed by atoms with van der Waals surface area (Å²) in [5.74, 6) is -0.141. The number of benzene rings is 1. The Balaban J connectivity index is 1.88. The summed E-state index contributed by atoms with van der Waals surface area (Å²) in [5, 5.41) is 0.834. The fraction of sp³-hybridized carbons (Fsp3) is 0.286. The second-order valence-corrected chi connectivity index (χ2v) is 7.75. The van der Waals surface area contributed by atoms with Crippen molar-refractivity contribution in [3.63, 3.8) is 0 Å². The van der Waals surface area contributed by atoms with Crippen molar-refractivity contribution in [1.82, 2.24) is 9.88 Å². The number of nitrogens with zero attached hydrogens (tertiary/aromatic N) is 2. The minimum Gasteiger partial charge on any atom is -0.450 e. The third-order valence-electron chi connectivity index (χ3n) is 5.00. The van der Waals surface area contributed by atoms with Gasteiger partial charge in [0.1, 0.15) is 5.58 Å². The summed E-state index contributed by atoms with van der Waals surface area (Å²) in [4.78, 5) is 33.7. The lowest BCUT2D eigenvalue weighted by atomic mass is 10.00. The fourth-order valence-corrected chi connectivity index (χ4v) is 3.88. The summed E-state index contributed by atoms with van der Waals surface area (Å²) in [6.07, 6.45) is 4.18. The molecule has 0 spiro atoms. The van der Waals surface area contributed by atoms with E-state index in [4.69, 9.17) is 16.0 Å². The summed E-state index contributed by atoms with van der Waals surface area (Å²) in [6.45, 7) is 1.45. The fourth-order valence-electron chi connectivity index (χ4n) is 3.71. The lowest BCUT2D eigenvalue weighted by Crippen LogP contribution is -3.05. The smallest absolute Gasteiger partial charge is 0.290 e. The largest absolute Gasteiger partial charge is 0.450 e. The molecule has 3 aromatic rings. The molecule has 1 aliphatic heterocycles. The first kappa shape index (κ1) is 18.7. The minimum absolute atomic E-state index is 0.117. The van der Waals surface area contributed by atoms with Crippen molar-refractivity contribution in [3.05, 3.63) is 74.9 Å². The minimum atomic E-state index is -0.506. The summed E-state index contributed by atoms with van der Waals surface area (Å²) in [7, 11) is 4.14. The van der Waals surface area contributed by atoms with Crippen LogP contribution in [0.1, 0.15) is 34.1 Å². The number of hydrogen-bond donors (Lipinski definition) is 1. The summed E-state index contributed by atoms with van der Waals surface area (Å²) >= 11 is 6.08. The van der Waals surface area contributed by atoms with Crippen molar-refractivity contribution < 1.29 is 14.1 Å². The third kappa shape index (κ3) is 3.19. The topological polar surface area (TPSA) is 67.8 Å². The van der Waals surface area contributed by atoms with Crippen LogP contribution in [-0.2, 0) is 0 Å². The lowest BCUT2D eigenvalue weighted by molar-refractivity contribution is -0.858. The molecule has 1 N–H and O–H groups in total. The summed E-state index contributed by atoms with van der Waals surface area (Å²) in [6, 6.07) is 8.04. The monoisotopic (exact) mass is 398 g/mol. The van der Waals surface area contributed by atoms with Crippen LogP contribution in [0, 0.1) is 0 Å². The maximum absolute atomic E-state index is 13.3. The van der Waals surface area contributed by atoms with Crippen LogP contribution in [0.3, 0.4) is 0 Å². The molecule has 0 unspecified atom stereocenters. The Hall–Kier alpha value is -2.70. The molecule has 4 rings (SSSR count). The number of aromatic nitrogens is 1. The van der Waals surface area contributed by atoms with Crippen LogP contribution in [0.25, 0.3) is 11.0 Å². The van der Waals surface area contributed by atoms with E-state index in [1.165, 1.54) is 4.90 Å². The van der Waals surface area contributed by atoms with Gasteiger partial charge in [-0.3, -0.25) is 14.6 Å². The highest BCUT2D eigenvalue weighted by Gasteiger charge is 2.42. The van der Waals surface area contributed by atoms with Gasteiger partial charge < -0.3 is 14.2 Å². The average Bonchev–Trinajstić information content (AvgIpc) is 2.95. The van der Waals surface area contributed by atoms with E-state index in [1.807, 2.05) is 6.07 Å². The molecule has 1 atom stereocenters. The van der Waals surface area contributed by atoms with Crippen LogP contribution >= 0.6 is 11.6 Å². The number of quaternary nitrogens is 1. The predicted octanol–water partition coefficient (Wildman–Crippen LogP) is 1.92.